The van der Waals surface area contributed by atoms with Gasteiger partial charge in [0.25, 0.3) is 0 Å². The van der Waals surface area contributed by atoms with E-state index in [0.29, 0.717) is 0 Å². The molecule has 0 amide bonds. The van der Waals surface area contributed by atoms with Gasteiger partial charge in [-0.25, -0.2) is 4.57 Å². The lowest BCUT2D eigenvalue weighted by atomic mass is 10.0. The minimum absolute atomic E-state index is 0.169. The Morgan fingerprint density at radius 2 is 1.09 bits per heavy atom. The fourth-order valence-corrected chi connectivity index (χ4v) is 2.67. The molecule has 0 aromatic heterocycles. The summed E-state index contributed by atoms with van der Waals surface area (Å²) in [6.45, 7) is 8.67. The van der Waals surface area contributed by atoms with E-state index in [9.17, 15) is 4.57 Å². The number of unbranched alkanes of at least 4 members (excludes halogenated alkanes) is 12. The largest absolute Gasteiger partial charge is 0.469 e. The standard InChI is InChI=1S/C15H33O4P.C3H4/c1-2-3-4-5-6-7-8-9-10-11-12-13-14-15-19-20(16,17)18;1-3-2/h2-15H2,1H3,(H2,16,17,18);1-2H2. The van der Waals surface area contributed by atoms with Crippen molar-refractivity contribution in [2.24, 2.45) is 0 Å². The van der Waals surface area contributed by atoms with Crippen molar-refractivity contribution in [1.29, 1.82) is 0 Å². The summed E-state index contributed by atoms with van der Waals surface area (Å²) in [5.74, 6) is 0. The zero-order valence-corrected chi connectivity index (χ0v) is 15.9. The molecule has 0 saturated carbocycles. The van der Waals surface area contributed by atoms with Gasteiger partial charge in [-0.1, -0.05) is 97.1 Å². The summed E-state index contributed by atoms with van der Waals surface area (Å²) >= 11 is 0. The number of rotatable bonds is 15. The summed E-state index contributed by atoms with van der Waals surface area (Å²) in [5.41, 5.74) is 2.25. The Hall–Kier alpha value is -0.370. The highest BCUT2D eigenvalue weighted by Gasteiger charge is 2.12. The Bertz CT molecular complexity index is 306. The van der Waals surface area contributed by atoms with Crippen LogP contribution < -0.4 is 0 Å². The van der Waals surface area contributed by atoms with E-state index in [-0.39, 0.29) is 6.61 Å². The van der Waals surface area contributed by atoms with E-state index in [1.165, 1.54) is 64.2 Å². The number of phosphoric acid groups is 1. The van der Waals surface area contributed by atoms with Crippen LogP contribution in [0.4, 0.5) is 0 Å². The highest BCUT2D eigenvalue weighted by Crippen LogP contribution is 2.35. The first-order valence-corrected chi connectivity index (χ1v) is 10.5. The molecule has 0 heterocycles. The third-order valence-electron chi connectivity index (χ3n) is 3.51. The fourth-order valence-electron chi connectivity index (χ4n) is 2.30. The normalized spacial score (nSPS) is 10.7. The van der Waals surface area contributed by atoms with Crippen LogP contribution in [0.15, 0.2) is 18.9 Å². The third kappa shape index (κ3) is 30.1. The lowest BCUT2D eigenvalue weighted by Crippen LogP contribution is -1.92. The van der Waals surface area contributed by atoms with Crippen molar-refractivity contribution in [2.75, 3.05) is 6.61 Å². The third-order valence-corrected chi connectivity index (χ3v) is 4.03. The number of hydrogen-bond donors (Lipinski definition) is 2. The second-order valence-corrected chi connectivity index (χ2v) is 7.06. The zero-order valence-electron chi connectivity index (χ0n) is 15.0. The molecule has 0 aliphatic carbocycles. The van der Waals surface area contributed by atoms with E-state index in [4.69, 9.17) is 9.79 Å². The highest BCUT2D eigenvalue weighted by atomic mass is 31.2. The monoisotopic (exact) mass is 348 g/mol. The molecule has 0 bridgehead atoms. The average molecular weight is 348 g/mol. The van der Waals surface area contributed by atoms with Crippen molar-refractivity contribution in [3.05, 3.63) is 18.9 Å². The van der Waals surface area contributed by atoms with Crippen molar-refractivity contribution < 1.29 is 18.9 Å². The second kappa shape index (κ2) is 19.7. The molecule has 4 nitrogen and oxygen atoms in total. The molecule has 5 heteroatoms. The molecular weight excluding hydrogens is 311 g/mol. The molecule has 0 aliphatic rings. The van der Waals surface area contributed by atoms with E-state index in [2.05, 4.69) is 30.3 Å². The summed E-state index contributed by atoms with van der Waals surface area (Å²) < 4.78 is 14.8. The molecule has 0 atom stereocenters. The topological polar surface area (TPSA) is 66.8 Å². The minimum atomic E-state index is -4.25. The van der Waals surface area contributed by atoms with E-state index >= 15 is 0 Å². The molecule has 0 aromatic rings. The maximum atomic E-state index is 10.4. The number of hydrogen-bond acceptors (Lipinski definition) is 2. The van der Waals surface area contributed by atoms with E-state index in [1.807, 2.05) is 0 Å². The van der Waals surface area contributed by atoms with E-state index < -0.39 is 7.82 Å². The van der Waals surface area contributed by atoms with Crippen molar-refractivity contribution in [1.82, 2.24) is 0 Å². The molecule has 2 N–H and O–H groups in total. The van der Waals surface area contributed by atoms with Crippen molar-refractivity contribution >= 4 is 7.82 Å². The molecule has 0 spiro atoms. The summed E-state index contributed by atoms with van der Waals surface area (Å²) in [6, 6.07) is 0. The first kappa shape index (κ1) is 24.9. The smallest absolute Gasteiger partial charge is 0.303 e. The average Bonchev–Trinajstić information content (AvgIpc) is 2.47. The van der Waals surface area contributed by atoms with Gasteiger partial charge >= 0.3 is 7.82 Å². The van der Waals surface area contributed by atoms with Gasteiger partial charge in [0.05, 0.1) is 6.61 Å². The molecule has 0 saturated heterocycles. The quantitative estimate of drug-likeness (QED) is 0.212. The molecule has 0 unspecified atom stereocenters. The predicted molar refractivity (Wildman–Crippen MR) is 98.5 cm³/mol. The maximum absolute atomic E-state index is 10.4. The van der Waals surface area contributed by atoms with Crippen molar-refractivity contribution in [3.63, 3.8) is 0 Å². The molecule has 0 radical (unpaired) electrons. The van der Waals surface area contributed by atoms with Crippen LogP contribution in [0.2, 0.25) is 0 Å². The molecule has 0 fully saturated rings. The Labute approximate surface area is 143 Å². The first-order valence-electron chi connectivity index (χ1n) is 8.97. The number of phosphoric ester groups is 1. The fraction of sp³-hybridized carbons (Fsp3) is 0.833. The Morgan fingerprint density at radius 1 is 0.783 bits per heavy atom. The lowest BCUT2D eigenvalue weighted by molar-refractivity contribution is 0.193. The lowest BCUT2D eigenvalue weighted by Gasteiger charge is -2.05. The van der Waals surface area contributed by atoms with Crippen LogP contribution in [0.1, 0.15) is 90.4 Å². The Kier molecular flexibility index (Phi) is 21.3. The van der Waals surface area contributed by atoms with Crippen LogP contribution in [0.25, 0.3) is 0 Å². The van der Waals surface area contributed by atoms with Gasteiger partial charge in [-0.3, -0.25) is 4.52 Å². The highest BCUT2D eigenvalue weighted by molar-refractivity contribution is 7.46. The van der Waals surface area contributed by atoms with Crippen LogP contribution in [0.3, 0.4) is 0 Å². The van der Waals surface area contributed by atoms with Crippen LogP contribution in [-0.2, 0) is 9.09 Å². The van der Waals surface area contributed by atoms with Crippen molar-refractivity contribution in [3.8, 4) is 0 Å². The van der Waals surface area contributed by atoms with Gasteiger partial charge in [-0.2, -0.15) is 0 Å². The Morgan fingerprint density at radius 3 is 1.39 bits per heavy atom. The molecule has 0 aliphatic heterocycles. The molecular formula is C18H37O4P. The molecule has 23 heavy (non-hydrogen) atoms. The van der Waals surface area contributed by atoms with Gasteiger partial charge < -0.3 is 9.79 Å². The SMILES string of the molecule is C=C=C.CCCCCCCCCCCCCCCOP(=O)(O)O. The van der Waals surface area contributed by atoms with Gasteiger partial charge in [0.2, 0.25) is 0 Å². The Balaban J connectivity index is 0. The molecule has 0 rings (SSSR count). The maximum Gasteiger partial charge on any atom is 0.469 e. The van der Waals surface area contributed by atoms with Crippen LogP contribution >= 0.6 is 7.82 Å². The molecule has 0 aromatic carbocycles. The van der Waals surface area contributed by atoms with Gasteiger partial charge in [0.1, 0.15) is 0 Å². The van der Waals surface area contributed by atoms with E-state index in [0.717, 1.165) is 19.3 Å². The van der Waals surface area contributed by atoms with Gasteiger partial charge in [0, 0.05) is 0 Å². The summed E-state index contributed by atoms with van der Waals surface area (Å²) in [5, 5.41) is 0. The van der Waals surface area contributed by atoms with Gasteiger partial charge in [-0.05, 0) is 6.42 Å². The zero-order chi connectivity index (χ0) is 17.8. The predicted octanol–water partition coefficient (Wildman–Crippen LogP) is 6.14. The van der Waals surface area contributed by atoms with Gasteiger partial charge in [0.15, 0.2) is 0 Å². The van der Waals surface area contributed by atoms with E-state index in [1.54, 1.807) is 0 Å². The minimum Gasteiger partial charge on any atom is -0.303 e. The van der Waals surface area contributed by atoms with Crippen LogP contribution in [0, 0.1) is 0 Å². The second-order valence-electron chi connectivity index (χ2n) is 5.82. The summed E-state index contributed by atoms with van der Waals surface area (Å²) in [4.78, 5) is 17.0. The van der Waals surface area contributed by atoms with Crippen molar-refractivity contribution in [2.45, 2.75) is 90.4 Å². The summed E-state index contributed by atoms with van der Waals surface area (Å²) in [7, 11) is -4.25. The van der Waals surface area contributed by atoms with Crippen LogP contribution in [-0.4, -0.2) is 16.4 Å². The van der Waals surface area contributed by atoms with Gasteiger partial charge in [-0.15, -0.1) is 5.73 Å². The first-order chi connectivity index (χ1) is 11.0. The molecule has 138 valence electrons. The van der Waals surface area contributed by atoms with Crippen LogP contribution in [0.5, 0.6) is 0 Å². The summed E-state index contributed by atoms with van der Waals surface area (Å²) in [6.07, 6.45) is 16.3.